The number of nitrogens with one attached hydrogen (secondary N) is 2. The molecule has 0 spiro atoms. The van der Waals surface area contributed by atoms with Crippen LogP contribution in [0, 0.1) is 12.3 Å². The second kappa shape index (κ2) is 7.91. The maximum absolute atomic E-state index is 12.7. The fourth-order valence-corrected chi connectivity index (χ4v) is 2.57. The van der Waals surface area contributed by atoms with Gasteiger partial charge in [-0.3, -0.25) is 9.59 Å². The Bertz CT molecular complexity index is 841. The van der Waals surface area contributed by atoms with Crippen LogP contribution in [0.15, 0.2) is 40.9 Å². The minimum absolute atomic E-state index is 0.0887. The molecule has 0 saturated carbocycles. The zero-order chi connectivity index (χ0) is 19.5. The Morgan fingerprint density at radius 3 is 2.35 bits per heavy atom. The summed E-state index contributed by atoms with van der Waals surface area (Å²) < 4.78 is 5.85. The van der Waals surface area contributed by atoms with Crippen LogP contribution in [0.3, 0.4) is 0 Å². The van der Waals surface area contributed by atoms with E-state index in [2.05, 4.69) is 26.6 Å². The first-order valence-electron chi connectivity index (χ1n) is 8.19. The highest BCUT2D eigenvalue weighted by Crippen LogP contribution is 2.26. The lowest BCUT2D eigenvalue weighted by molar-refractivity contribution is -0.123. The van der Waals surface area contributed by atoms with E-state index in [1.165, 1.54) is 0 Å². The third-order valence-electron chi connectivity index (χ3n) is 3.84. The number of methoxy groups -OCH3 is 1. The summed E-state index contributed by atoms with van der Waals surface area (Å²) in [5.74, 6) is 0.244. The van der Waals surface area contributed by atoms with E-state index in [9.17, 15) is 9.59 Å². The molecule has 2 aromatic rings. The summed E-state index contributed by atoms with van der Waals surface area (Å²) in [7, 11) is 1.55. The fraction of sp³-hybridized carbons (Fsp3) is 0.300. The van der Waals surface area contributed by atoms with Crippen LogP contribution in [-0.4, -0.2) is 18.9 Å². The van der Waals surface area contributed by atoms with Crippen LogP contribution in [0.5, 0.6) is 5.75 Å². The fourth-order valence-electron chi connectivity index (χ4n) is 2.15. The number of amides is 2. The zero-order valence-electron chi connectivity index (χ0n) is 15.6. The summed E-state index contributed by atoms with van der Waals surface area (Å²) in [6.07, 6.45) is 0. The van der Waals surface area contributed by atoms with Crippen LogP contribution in [-0.2, 0) is 4.79 Å². The molecule has 2 amide bonds. The Kier molecular flexibility index (Phi) is 6.08. The molecule has 0 radical (unpaired) electrons. The maximum Gasteiger partial charge on any atom is 0.256 e. The zero-order valence-corrected chi connectivity index (χ0v) is 17.2. The predicted molar refractivity (Wildman–Crippen MR) is 108 cm³/mol. The Labute approximate surface area is 162 Å². The summed E-state index contributed by atoms with van der Waals surface area (Å²) in [5.41, 5.74) is 2.13. The molecule has 0 saturated heterocycles. The van der Waals surface area contributed by atoms with Crippen molar-refractivity contribution in [3.63, 3.8) is 0 Å². The Morgan fingerprint density at radius 2 is 1.73 bits per heavy atom. The smallest absolute Gasteiger partial charge is 0.256 e. The molecule has 0 aliphatic heterocycles. The molecule has 0 heterocycles. The monoisotopic (exact) mass is 418 g/mol. The molecule has 6 heteroatoms. The van der Waals surface area contributed by atoms with Gasteiger partial charge < -0.3 is 15.4 Å². The minimum atomic E-state index is -0.500. The average Bonchev–Trinajstić information content (AvgIpc) is 2.57. The van der Waals surface area contributed by atoms with Crippen molar-refractivity contribution in [1.29, 1.82) is 0 Å². The number of ether oxygens (including phenoxy) is 1. The summed E-state index contributed by atoms with van der Waals surface area (Å²) in [4.78, 5) is 24.8. The Hall–Kier alpha value is -2.34. The number of benzene rings is 2. The standard InChI is InChI=1S/C20H23BrN2O3/c1-12-6-7-13(22-19(25)20(2,3)4)10-17(12)23-18(24)15-11-14(26-5)8-9-16(15)21/h6-11H,1-5H3,(H,22,25)(H,23,24). The van der Waals surface area contributed by atoms with E-state index in [-0.39, 0.29) is 11.8 Å². The topological polar surface area (TPSA) is 67.4 Å². The summed E-state index contributed by atoms with van der Waals surface area (Å²) in [6, 6.07) is 10.6. The number of hydrogen-bond acceptors (Lipinski definition) is 3. The molecule has 138 valence electrons. The van der Waals surface area contributed by atoms with Crippen molar-refractivity contribution < 1.29 is 14.3 Å². The highest BCUT2D eigenvalue weighted by Gasteiger charge is 2.21. The second-order valence-corrected chi connectivity index (χ2v) is 7.89. The number of halogens is 1. The Morgan fingerprint density at radius 1 is 1.04 bits per heavy atom. The van der Waals surface area contributed by atoms with Crippen molar-refractivity contribution in [1.82, 2.24) is 0 Å². The summed E-state index contributed by atoms with van der Waals surface area (Å²) in [5, 5.41) is 5.77. The van der Waals surface area contributed by atoms with Crippen LogP contribution in [0.1, 0.15) is 36.7 Å². The lowest BCUT2D eigenvalue weighted by atomic mass is 9.95. The van der Waals surface area contributed by atoms with Gasteiger partial charge in [-0.05, 0) is 58.7 Å². The molecular weight excluding hydrogens is 396 g/mol. The van der Waals surface area contributed by atoms with Crippen molar-refractivity contribution in [2.45, 2.75) is 27.7 Å². The molecule has 0 fully saturated rings. The highest BCUT2D eigenvalue weighted by molar-refractivity contribution is 9.10. The molecule has 2 rings (SSSR count). The van der Waals surface area contributed by atoms with E-state index in [1.54, 1.807) is 31.4 Å². The van der Waals surface area contributed by atoms with Crippen molar-refractivity contribution >= 4 is 39.1 Å². The van der Waals surface area contributed by atoms with E-state index in [4.69, 9.17) is 4.74 Å². The van der Waals surface area contributed by atoms with Gasteiger partial charge in [-0.15, -0.1) is 0 Å². The van der Waals surface area contributed by atoms with Crippen molar-refractivity contribution in [3.8, 4) is 5.75 Å². The molecule has 0 atom stereocenters. The summed E-state index contributed by atoms with van der Waals surface area (Å²) >= 11 is 3.39. The molecule has 26 heavy (non-hydrogen) atoms. The number of carbonyl (C=O) groups excluding carboxylic acids is 2. The second-order valence-electron chi connectivity index (χ2n) is 7.03. The summed E-state index contributed by atoms with van der Waals surface area (Å²) in [6.45, 7) is 7.43. The molecular formula is C20H23BrN2O3. The van der Waals surface area contributed by atoms with Gasteiger partial charge in [0.05, 0.1) is 12.7 Å². The van der Waals surface area contributed by atoms with E-state index < -0.39 is 5.41 Å². The van der Waals surface area contributed by atoms with E-state index >= 15 is 0 Å². The third-order valence-corrected chi connectivity index (χ3v) is 4.53. The van der Waals surface area contributed by atoms with E-state index in [0.29, 0.717) is 27.2 Å². The van der Waals surface area contributed by atoms with Gasteiger partial charge in [0.15, 0.2) is 0 Å². The first-order chi connectivity index (χ1) is 12.1. The van der Waals surface area contributed by atoms with Gasteiger partial charge in [0.1, 0.15) is 5.75 Å². The lowest BCUT2D eigenvalue weighted by Crippen LogP contribution is -2.27. The normalized spacial score (nSPS) is 11.0. The minimum Gasteiger partial charge on any atom is -0.497 e. The quantitative estimate of drug-likeness (QED) is 0.733. The van der Waals surface area contributed by atoms with Crippen LogP contribution in [0.2, 0.25) is 0 Å². The third kappa shape index (κ3) is 4.85. The van der Waals surface area contributed by atoms with Crippen molar-refractivity contribution in [2.75, 3.05) is 17.7 Å². The molecule has 0 unspecified atom stereocenters. The number of rotatable bonds is 4. The molecule has 0 aromatic heterocycles. The van der Waals surface area contributed by atoms with Gasteiger partial charge in [-0.2, -0.15) is 0 Å². The first-order valence-corrected chi connectivity index (χ1v) is 8.98. The largest absolute Gasteiger partial charge is 0.497 e. The number of anilines is 2. The van der Waals surface area contributed by atoms with Gasteiger partial charge in [0, 0.05) is 21.3 Å². The van der Waals surface area contributed by atoms with Crippen LogP contribution >= 0.6 is 15.9 Å². The van der Waals surface area contributed by atoms with Gasteiger partial charge in [-0.25, -0.2) is 0 Å². The molecule has 5 nitrogen and oxygen atoms in total. The lowest BCUT2D eigenvalue weighted by Gasteiger charge is -2.18. The van der Waals surface area contributed by atoms with Gasteiger partial charge in [0.2, 0.25) is 5.91 Å². The Balaban J connectivity index is 2.25. The average molecular weight is 419 g/mol. The molecule has 0 aliphatic rings. The SMILES string of the molecule is COc1ccc(Br)c(C(=O)Nc2cc(NC(=O)C(C)(C)C)ccc2C)c1. The molecule has 0 bridgehead atoms. The molecule has 2 aromatic carbocycles. The predicted octanol–water partition coefficient (Wildman–Crippen LogP) is 5.00. The highest BCUT2D eigenvalue weighted by atomic mass is 79.9. The molecule has 2 N–H and O–H groups in total. The van der Waals surface area contributed by atoms with Gasteiger partial charge in [0.25, 0.3) is 5.91 Å². The van der Waals surface area contributed by atoms with E-state index in [1.807, 2.05) is 39.8 Å². The van der Waals surface area contributed by atoms with Crippen LogP contribution in [0.25, 0.3) is 0 Å². The van der Waals surface area contributed by atoms with E-state index in [0.717, 1.165) is 5.56 Å². The van der Waals surface area contributed by atoms with Crippen LogP contribution in [0.4, 0.5) is 11.4 Å². The van der Waals surface area contributed by atoms with Crippen molar-refractivity contribution in [3.05, 3.63) is 52.0 Å². The maximum atomic E-state index is 12.7. The van der Waals surface area contributed by atoms with Crippen LogP contribution < -0.4 is 15.4 Å². The van der Waals surface area contributed by atoms with Gasteiger partial charge in [-0.1, -0.05) is 26.8 Å². The number of hydrogen-bond donors (Lipinski definition) is 2. The first kappa shape index (κ1) is 20.0. The number of carbonyl (C=O) groups is 2. The van der Waals surface area contributed by atoms with Crippen molar-refractivity contribution in [2.24, 2.45) is 5.41 Å². The number of aryl methyl sites for hydroxylation is 1. The van der Waals surface area contributed by atoms with Gasteiger partial charge >= 0.3 is 0 Å². The molecule has 0 aliphatic carbocycles.